The molecular weight excluding hydrogens is 206 g/mol. The van der Waals surface area contributed by atoms with Crippen molar-refractivity contribution < 1.29 is 14.3 Å². The zero-order chi connectivity index (χ0) is 12.8. The zero-order valence-corrected chi connectivity index (χ0v) is 10.5. The Morgan fingerprint density at radius 3 is 2.12 bits per heavy atom. The summed E-state index contributed by atoms with van der Waals surface area (Å²) in [6.07, 6.45) is 1.83. The second-order valence-corrected chi connectivity index (χ2v) is 4.90. The van der Waals surface area contributed by atoms with Crippen LogP contribution >= 0.6 is 0 Å². The molecule has 16 heavy (non-hydrogen) atoms. The van der Waals surface area contributed by atoms with Gasteiger partial charge in [0.1, 0.15) is 11.9 Å². The van der Waals surface area contributed by atoms with Gasteiger partial charge in [0.15, 0.2) is 0 Å². The van der Waals surface area contributed by atoms with Crippen LogP contribution in [0, 0.1) is 0 Å². The second-order valence-electron chi connectivity index (χ2n) is 4.90. The minimum atomic E-state index is -0.318. The first-order valence-corrected chi connectivity index (χ1v) is 5.24. The van der Waals surface area contributed by atoms with Gasteiger partial charge in [-0.05, 0) is 34.2 Å². The molecule has 1 atom stereocenters. The van der Waals surface area contributed by atoms with E-state index in [1.165, 1.54) is 0 Å². The summed E-state index contributed by atoms with van der Waals surface area (Å²) in [7, 11) is 1.94. The number of ether oxygens (including phenoxy) is 1. The van der Waals surface area contributed by atoms with Gasteiger partial charge in [0.05, 0.1) is 6.04 Å². The molecule has 4 nitrogen and oxygen atoms in total. The van der Waals surface area contributed by atoms with Crippen molar-refractivity contribution in [2.24, 2.45) is 0 Å². The summed E-state index contributed by atoms with van der Waals surface area (Å²) in [4.78, 5) is 21.9. The average Bonchev–Trinajstić information content (AvgIpc) is 2.43. The Morgan fingerprint density at radius 2 is 2.00 bits per heavy atom. The van der Waals surface area contributed by atoms with Crippen molar-refractivity contribution >= 4 is 12.8 Å². The van der Waals surface area contributed by atoms with Crippen molar-refractivity contribution in [3.05, 3.63) is 12.2 Å². The fraction of sp³-hybridized carbons (Fsp3) is 0.667. The van der Waals surface area contributed by atoms with Crippen molar-refractivity contribution in [2.75, 3.05) is 13.6 Å². The highest BCUT2D eigenvalue weighted by Crippen LogP contribution is 2.16. The molecule has 1 aliphatic rings. The Bertz CT molecular complexity index is 255. The van der Waals surface area contributed by atoms with Gasteiger partial charge in [-0.2, -0.15) is 0 Å². The number of hydrogen-bond donors (Lipinski definition) is 0. The maximum atomic E-state index is 10.3. The molecule has 0 N–H and O–H groups in total. The third-order valence-corrected chi connectivity index (χ3v) is 2.10. The van der Waals surface area contributed by atoms with Crippen LogP contribution < -0.4 is 0 Å². The molecule has 1 unspecified atom stereocenters. The summed E-state index contributed by atoms with van der Waals surface area (Å²) in [6.45, 7) is 10.6. The van der Waals surface area contributed by atoms with Gasteiger partial charge < -0.3 is 9.53 Å². The van der Waals surface area contributed by atoms with Crippen LogP contribution in [0.15, 0.2) is 12.2 Å². The number of likely N-dealkylation sites (tertiary alicyclic amines) is 1. The van der Waals surface area contributed by atoms with Gasteiger partial charge in [-0.1, -0.05) is 12.2 Å². The van der Waals surface area contributed by atoms with Gasteiger partial charge in [0, 0.05) is 6.54 Å². The maximum Gasteiger partial charge on any atom is 0.293 e. The largest absolute Gasteiger partial charge is 0.462 e. The smallest absolute Gasteiger partial charge is 0.293 e. The summed E-state index contributed by atoms with van der Waals surface area (Å²) in [6, 6.07) is 0.0949. The maximum absolute atomic E-state index is 10.3. The molecule has 0 saturated carbocycles. The molecule has 92 valence electrons. The topological polar surface area (TPSA) is 46.6 Å². The summed E-state index contributed by atoms with van der Waals surface area (Å²) in [5.41, 5.74) is 0.844. The van der Waals surface area contributed by atoms with E-state index in [-0.39, 0.29) is 11.6 Å². The van der Waals surface area contributed by atoms with E-state index in [1.807, 2.05) is 32.7 Å². The predicted molar refractivity (Wildman–Crippen MR) is 63.1 cm³/mol. The molecule has 0 radical (unpaired) electrons. The van der Waals surface area contributed by atoms with Crippen molar-refractivity contribution in [3.63, 3.8) is 0 Å². The van der Waals surface area contributed by atoms with Crippen LogP contribution in [0.5, 0.6) is 0 Å². The lowest BCUT2D eigenvalue weighted by Crippen LogP contribution is -2.25. The van der Waals surface area contributed by atoms with Gasteiger partial charge >= 0.3 is 0 Å². The van der Waals surface area contributed by atoms with Crippen molar-refractivity contribution in [2.45, 2.75) is 38.8 Å². The highest BCUT2D eigenvalue weighted by molar-refractivity contribution is 5.59. The van der Waals surface area contributed by atoms with Gasteiger partial charge in [-0.3, -0.25) is 9.69 Å². The summed E-state index contributed by atoms with van der Waals surface area (Å²) < 4.78 is 4.55. The molecule has 0 bridgehead atoms. The van der Waals surface area contributed by atoms with Crippen LogP contribution in [0.1, 0.15) is 27.2 Å². The molecule has 0 aromatic carbocycles. The number of likely N-dealkylation sites (N-methyl/N-ethyl adjacent to an activating group) is 1. The van der Waals surface area contributed by atoms with E-state index < -0.39 is 0 Å². The highest BCUT2D eigenvalue weighted by Gasteiger charge is 2.22. The zero-order valence-electron chi connectivity index (χ0n) is 10.5. The van der Waals surface area contributed by atoms with E-state index in [1.54, 1.807) is 0 Å². The summed E-state index contributed by atoms with van der Waals surface area (Å²) in [5.74, 6) is 0. The minimum Gasteiger partial charge on any atom is -0.462 e. The molecule has 1 rings (SSSR count). The highest BCUT2D eigenvalue weighted by atomic mass is 16.5. The third kappa shape index (κ3) is 6.35. The van der Waals surface area contributed by atoms with E-state index in [4.69, 9.17) is 0 Å². The van der Waals surface area contributed by atoms with E-state index in [0.717, 1.165) is 24.8 Å². The number of nitrogens with zero attached hydrogens (tertiary/aromatic N) is 1. The van der Waals surface area contributed by atoms with E-state index in [2.05, 4.69) is 11.3 Å². The lowest BCUT2D eigenvalue weighted by Gasteiger charge is -2.14. The number of rotatable bonds is 2. The molecule has 0 aromatic rings. The van der Waals surface area contributed by atoms with Gasteiger partial charge in [0.2, 0.25) is 0 Å². The second kappa shape index (κ2) is 6.43. The molecule has 4 heteroatoms. The average molecular weight is 227 g/mol. The first-order chi connectivity index (χ1) is 7.30. The SMILES string of the molecule is C=C1CC(C=O)N(C)C1.CC(C)(C)OC=O. The third-order valence-electron chi connectivity index (χ3n) is 2.10. The molecule has 0 amide bonds. The number of hydrogen-bond acceptors (Lipinski definition) is 4. The van der Waals surface area contributed by atoms with Crippen molar-refractivity contribution in [1.29, 1.82) is 0 Å². The van der Waals surface area contributed by atoms with Crippen molar-refractivity contribution in [3.8, 4) is 0 Å². The van der Waals surface area contributed by atoms with Gasteiger partial charge in [-0.25, -0.2) is 0 Å². The number of carbonyl (C=O) groups is 2. The van der Waals surface area contributed by atoms with E-state index in [0.29, 0.717) is 6.47 Å². The number of aldehydes is 1. The Balaban J connectivity index is 0.000000293. The first-order valence-electron chi connectivity index (χ1n) is 5.24. The van der Waals surface area contributed by atoms with Crippen LogP contribution in [-0.2, 0) is 14.3 Å². The fourth-order valence-electron chi connectivity index (χ4n) is 1.28. The molecule has 0 aliphatic carbocycles. The molecule has 1 heterocycles. The Labute approximate surface area is 97.3 Å². The normalized spacial score (nSPS) is 21.0. The summed E-state index contributed by atoms with van der Waals surface area (Å²) >= 11 is 0. The lowest BCUT2D eigenvalue weighted by atomic mass is 10.2. The quantitative estimate of drug-likeness (QED) is 0.528. The predicted octanol–water partition coefficient (Wildman–Crippen LogP) is 1.40. The van der Waals surface area contributed by atoms with E-state index in [9.17, 15) is 9.59 Å². The van der Waals surface area contributed by atoms with Crippen molar-refractivity contribution in [1.82, 2.24) is 4.90 Å². The van der Waals surface area contributed by atoms with Crippen LogP contribution in [0.3, 0.4) is 0 Å². The standard InChI is InChI=1S/C7H11NO.C5H10O2/c1-6-3-7(5-9)8(2)4-6;1-5(2,3)7-4-6/h5,7H,1,3-4H2,2H3;4H,1-3H3. The molecule has 1 fully saturated rings. The Morgan fingerprint density at radius 1 is 1.44 bits per heavy atom. The molecule has 1 aliphatic heterocycles. The van der Waals surface area contributed by atoms with Crippen LogP contribution in [0.2, 0.25) is 0 Å². The van der Waals surface area contributed by atoms with E-state index >= 15 is 0 Å². The minimum absolute atomic E-state index is 0.0949. The first kappa shape index (κ1) is 14.8. The molecule has 1 saturated heterocycles. The Hall–Kier alpha value is -1.16. The monoisotopic (exact) mass is 227 g/mol. The fourth-order valence-corrected chi connectivity index (χ4v) is 1.28. The van der Waals surface area contributed by atoms with Gasteiger partial charge in [0.25, 0.3) is 6.47 Å². The van der Waals surface area contributed by atoms with Crippen LogP contribution in [-0.4, -0.2) is 42.9 Å². The summed E-state index contributed by atoms with van der Waals surface area (Å²) in [5, 5.41) is 0. The van der Waals surface area contributed by atoms with Gasteiger partial charge in [-0.15, -0.1) is 0 Å². The molecule has 0 spiro atoms. The van der Waals surface area contributed by atoms with Crippen LogP contribution in [0.4, 0.5) is 0 Å². The Kier molecular flexibility index (Phi) is 5.96. The number of carbonyl (C=O) groups excluding carboxylic acids is 2. The molecule has 0 aromatic heterocycles. The molecular formula is C12H21NO3. The van der Waals surface area contributed by atoms with Crippen LogP contribution in [0.25, 0.3) is 0 Å². The lowest BCUT2D eigenvalue weighted by molar-refractivity contribution is -0.138.